The SMILES string of the molecule is CCC(=O)N1CC[C@H](NCc2ccc3ncccc3c2)[C@@H](CC)C1. The summed E-state index contributed by atoms with van der Waals surface area (Å²) in [4.78, 5) is 18.3. The van der Waals surface area contributed by atoms with E-state index < -0.39 is 0 Å². The Morgan fingerprint density at radius 1 is 1.33 bits per heavy atom. The summed E-state index contributed by atoms with van der Waals surface area (Å²) >= 11 is 0. The Balaban J connectivity index is 1.61. The maximum Gasteiger partial charge on any atom is 0.222 e. The maximum atomic E-state index is 11.9. The van der Waals surface area contributed by atoms with E-state index in [4.69, 9.17) is 0 Å². The molecule has 2 aromatic rings. The van der Waals surface area contributed by atoms with Crippen molar-refractivity contribution in [3.63, 3.8) is 0 Å². The highest BCUT2D eigenvalue weighted by Crippen LogP contribution is 2.22. The van der Waals surface area contributed by atoms with Gasteiger partial charge in [0.05, 0.1) is 5.52 Å². The summed E-state index contributed by atoms with van der Waals surface area (Å²) in [5, 5.41) is 4.91. The van der Waals surface area contributed by atoms with Crippen molar-refractivity contribution >= 4 is 16.8 Å². The second-order valence-electron chi connectivity index (χ2n) is 6.67. The van der Waals surface area contributed by atoms with Crippen LogP contribution in [0.15, 0.2) is 36.5 Å². The number of benzene rings is 1. The number of aromatic nitrogens is 1. The summed E-state index contributed by atoms with van der Waals surface area (Å²) in [6.45, 7) is 6.81. The second-order valence-corrected chi connectivity index (χ2v) is 6.67. The highest BCUT2D eigenvalue weighted by atomic mass is 16.2. The predicted molar refractivity (Wildman–Crippen MR) is 97.6 cm³/mol. The van der Waals surface area contributed by atoms with Crippen LogP contribution < -0.4 is 5.32 Å². The summed E-state index contributed by atoms with van der Waals surface area (Å²) < 4.78 is 0. The third-order valence-corrected chi connectivity index (χ3v) is 5.15. The molecule has 1 amide bonds. The van der Waals surface area contributed by atoms with Gasteiger partial charge >= 0.3 is 0 Å². The molecule has 0 radical (unpaired) electrons. The van der Waals surface area contributed by atoms with Crippen LogP contribution in [-0.4, -0.2) is 34.9 Å². The van der Waals surface area contributed by atoms with Crippen LogP contribution in [0.4, 0.5) is 0 Å². The van der Waals surface area contributed by atoms with E-state index in [-0.39, 0.29) is 5.91 Å². The zero-order chi connectivity index (χ0) is 16.9. The molecule has 1 aliphatic rings. The molecule has 1 aliphatic heterocycles. The number of carbonyl (C=O) groups excluding carboxylic acids is 1. The van der Waals surface area contributed by atoms with Crippen molar-refractivity contribution in [3.8, 4) is 0 Å². The van der Waals surface area contributed by atoms with Crippen LogP contribution in [0.5, 0.6) is 0 Å². The van der Waals surface area contributed by atoms with E-state index in [0.717, 1.165) is 38.0 Å². The largest absolute Gasteiger partial charge is 0.342 e. The first kappa shape index (κ1) is 16.9. The fourth-order valence-electron chi connectivity index (χ4n) is 3.65. The van der Waals surface area contributed by atoms with Gasteiger partial charge in [-0.25, -0.2) is 0 Å². The van der Waals surface area contributed by atoms with Crippen LogP contribution >= 0.6 is 0 Å². The topological polar surface area (TPSA) is 45.2 Å². The van der Waals surface area contributed by atoms with Crippen molar-refractivity contribution in [1.82, 2.24) is 15.2 Å². The first-order chi connectivity index (χ1) is 11.7. The average molecular weight is 325 g/mol. The minimum Gasteiger partial charge on any atom is -0.342 e. The molecule has 128 valence electrons. The van der Waals surface area contributed by atoms with E-state index in [9.17, 15) is 4.79 Å². The Kier molecular flexibility index (Phi) is 5.46. The number of likely N-dealkylation sites (tertiary alicyclic amines) is 1. The van der Waals surface area contributed by atoms with Gasteiger partial charge in [0.15, 0.2) is 0 Å². The monoisotopic (exact) mass is 325 g/mol. The first-order valence-electron chi connectivity index (χ1n) is 9.06. The summed E-state index contributed by atoms with van der Waals surface area (Å²) in [6.07, 6.45) is 4.59. The smallest absolute Gasteiger partial charge is 0.222 e. The van der Waals surface area contributed by atoms with E-state index in [1.807, 2.05) is 24.1 Å². The summed E-state index contributed by atoms with van der Waals surface area (Å²) in [5.74, 6) is 0.824. The van der Waals surface area contributed by atoms with Crippen molar-refractivity contribution in [2.24, 2.45) is 5.92 Å². The summed E-state index contributed by atoms with van der Waals surface area (Å²) in [6, 6.07) is 11.0. The number of rotatable bonds is 5. The second kappa shape index (κ2) is 7.75. The maximum absolute atomic E-state index is 11.9. The van der Waals surface area contributed by atoms with E-state index in [1.165, 1.54) is 10.9 Å². The summed E-state index contributed by atoms with van der Waals surface area (Å²) in [7, 11) is 0. The Labute approximate surface area is 144 Å². The zero-order valence-electron chi connectivity index (χ0n) is 14.7. The lowest BCUT2D eigenvalue weighted by molar-refractivity contribution is -0.133. The Morgan fingerprint density at radius 3 is 3.00 bits per heavy atom. The van der Waals surface area contributed by atoms with Gasteiger partial charge < -0.3 is 10.2 Å². The highest BCUT2D eigenvalue weighted by molar-refractivity contribution is 5.78. The molecule has 1 aromatic heterocycles. The molecular formula is C20H27N3O. The third kappa shape index (κ3) is 3.75. The Morgan fingerprint density at radius 2 is 2.21 bits per heavy atom. The van der Waals surface area contributed by atoms with E-state index in [0.29, 0.717) is 18.4 Å². The molecule has 4 nitrogen and oxygen atoms in total. The van der Waals surface area contributed by atoms with Crippen LogP contribution in [0, 0.1) is 5.92 Å². The molecule has 0 bridgehead atoms. The number of nitrogens with zero attached hydrogens (tertiary/aromatic N) is 2. The van der Waals surface area contributed by atoms with E-state index >= 15 is 0 Å². The standard InChI is InChI=1S/C20H27N3O/c1-3-16-14-23(20(24)4-2)11-9-19(16)22-13-15-7-8-18-17(12-15)6-5-10-21-18/h5-8,10,12,16,19,22H,3-4,9,11,13-14H2,1-2H3/t16-,19-/m0/s1. The molecule has 24 heavy (non-hydrogen) atoms. The summed E-state index contributed by atoms with van der Waals surface area (Å²) in [5.41, 5.74) is 2.33. The van der Waals surface area contributed by atoms with Crippen molar-refractivity contribution in [1.29, 1.82) is 0 Å². The van der Waals surface area contributed by atoms with Gasteiger partial charge in [0.25, 0.3) is 0 Å². The van der Waals surface area contributed by atoms with E-state index in [1.54, 1.807) is 0 Å². The number of carbonyl (C=O) groups is 1. The minimum absolute atomic E-state index is 0.286. The minimum atomic E-state index is 0.286. The zero-order valence-corrected chi connectivity index (χ0v) is 14.7. The Bertz CT molecular complexity index is 700. The van der Waals surface area contributed by atoms with Crippen LogP contribution in [0.1, 0.15) is 38.7 Å². The lowest BCUT2D eigenvalue weighted by Gasteiger charge is -2.38. The molecular weight excluding hydrogens is 298 g/mol. The number of amides is 1. The highest BCUT2D eigenvalue weighted by Gasteiger charge is 2.29. The van der Waals surface area contributed by atoms with Crippen molar-refractivity contribution in [2.45, 2.75) is 45.7 Å². The van der Waals surface area contributed by atoms with E-state index in [2.05, 4.69) is 41.5 Å². The van der Waals surface area contributed by atoms with Gasteiger partial charge in [-0.3, -0.25) is 9.78 Å². The fraction of sp³-hybridized carbons (Fsp3) is 0.500. The van der Waals surface area contributed by atoms with Gasteiger partial charge in [-0.2, -0.15) is 0 Å². The molecule has 2 atom stereocenters. The molecule has 1 aromatic carbocycles. The number of hydrogen-bond donors (Lipinski definition) is 1. The van der Waals surface area contributed by atoms with Gasteiger partial charge in [-0.05, 0) is 36.1 Å². The van der Waals surface area contributed by atoms with Crippen molar-refractivity contribution in [3.05, 3.63) is 42.1 Å². The molecule has 0 saturated carbocycles. The quantitative estimate of drug-likeness (QED) is 0.917. The number of piperidine rings is 1. The van der Waals surface area contributed by atoms with Gasteiger partial charge in [-0.15, -0.1) is 0 Å². The molecule has 2 heterocycles. The molecule has 0 spiro atoms. The van der Waals surface area contributed by atoms with Crippen molar-refractivity contribution in [2.75, 3.05) is 13.1 Å². The molecule has 4 heteroatoms. The molecule has 0 unspecified atom stereocenters. The van der Waals surface area contributed by atoms with Gasteiger partial charge in [0.2, 0.25) is 5.91 Å². The predicted octanol–water partition coefficient (Wildman–Crippen LogP) is 3.36. The molecule has 1 fully saturated rings. The lowest BCUT2D eigenvalue weighted by atomic mass is 9.89. The molecule has 1 N–H and O–H groups in total. The molecule has 1 saturated heterocycles. The van der Waals surface area contributed by atoms with Gasteiger partial charge in [0, 0.05) is 43.7 Å². The normalized spacial score (nSPS) is 21.2. The molecule has 0 aliphatic carbocycles. The van der Waals surface area contributed by atoms with Crippen LogP contribution in [0.25, 0.3) is 10.9 Å². The first-order valence-corrected chi connectivity index (χ1v) is 9.06. The van der Waals surface area contributed by atoms with Crippen LogP contribution in [0.2, 0.25) is 0 Å². The lowest BCUT2D eigenvalue weighted by Crippen LogP contribution is -2.50. The van der Waals surface area contributed by atoms with Gasteiger partial charge in [-0.1, -0.05) is 32.4 Å². The van der Waals surface area contributed by atoms with Crippen LogP contribution in [0.3, 0.4) is 0 Å². The third-order valence-electron chi connectivity index (χ3n) is 5.15. The number of pyridine rings is 1. The number of hydrogen-bond acceptors (Lipinski definition) is 3. The molecule has 3 rings (SSSR count). The van der Waals surface area contributed by atoms with Crippen LogP contribution in [-0.2, 0) is 11.3 Å². The van der Waals surface area contributed by atoms with Crippen molar-refractivity contribution < 1.29 is 4.79 Å². The fourth-order valence-corrected chi connectivity index (χ4v) is 3.65. The average Bonchev–Trinajstić information content (AvgIpc) is 2.65. The van der Waals surface area contributed by atoms with Gasteiger partial charge in [0.1, 0.15) is 0 Å². The number of fused-ring (bicyclic) bond motifs is 1. The Hall–Kier alpha value is -1.94. The number of nitrogens with one attached hydrogen (secondary N) is 1.